The van der Waals surface area contributed by atoms with Gasteiger partial charge in [0, 0.05) is 11.9 Å². The summed E-state index contributed by atoms with van der Waals surface area (Å²) < 4.78 is 0. The molecule has 0 saturated heterocycles. The van der Waals surface area contributed by atoms with Gasteiger partial charge in [-0.1, -0.05) is 32.0 Å². The number of hydrogen-bond acceptors (Lipinski definition) is 3. The van der Waals surface area contributed by atoms with E-state index in [-0.39, 0.29) is 17.2 Å². The molecule has 1 aromatic carbocycles. The van der Waals surface area contributed by atoms with Crippen LogP contribution in [0.1, 0.15) is 37.2 Å². The predicted octanol–water partition coefficient (Wildman–Crippen LogP) is 1.78. The van der Waals surface area contributed by atoms with Gasteiger partial charge in [0.2, 0.25) is 0 Å². The van der Waals surface area contributed by atoms with Crippen LogP contribution < -0.4 is 16.6 Å². The van der Waals surface area contributed by atoms with E-state index in [0.717, 1.165) is 18.2 Å². The Hall–Kier alpha value is -2.14. The number of rotatable bonds is 5. The van der Waals surface area contributed by atoms with E-state index in [4.69, 9.17) is 5.73 Å². The summed E-state index contributed by atoms with van der Waals surface area (Å²) in [5, 5.41) is 4.28. The van der Waals surface area contributed by atoms with Crippen LogP contribution in [0.25, 0.3) is 10.8 Å². The molecule has 0 saturated carbocycles. The molecule has 1 heterocycles. The van der Waals surface area contributed by atoms with Crippen molar-refractivity contribution in [3.63, 3.8) is 0 Å². The number of fused-ring (bicyclic) bond motifs is 1. The standard InChI is InChI=1S/C16H21N3O2/c1-3-16(4-2,10-17)19-15(21)13-9-11-7-5-6-8-12(11)14(20)18-13/h5-9H,3-4,10,17H2,1-2H3,(H,18,20)(H,19,21). The Morgan fingerprint density at radius 2 is 1.95 bits per heavy atom. The Balaban J connectivity index is 2.38. The second-order valence-corrected chi connectivity index (χ2v) is 5.25. The van der Waals surface area contributed by atoms with Crippen molar-refractivity contribution < 1.29 is 4.79 Å². The molecule has 0 bridgehead atoms. The highest BCUT2D eigenvalue weighted by molar-refractivity contribution is 5.96. The Labute approximate surface area is 123 Å². The quantitative estimate of drug-likeness (QED) is 0.783. The zero-order chi connectivity index (χ0) is 15.5. The van der Waals surface area contributed by atoms with Crippen LogP contribution >= 0.6 is 0 Å². The van der Waals surface area contributed by atoms with Gasteiger partial charge in [-0.3, -0.25) is 9.59 Å². The second kappa shape index (κ2) is 6.10. The average molecular weight is 287 g/mol. The van der Waals surface area contributed by atoms with Gasteiger partial charge in [0.15, 0.2) is 0 Å². The molecule has 0 aliphatic carbocycles. The Morgan fingerprint density at radius 3 is 2.57 bits per heavy atom. The van der Waals surface area contributed by atoms with Crippen molar-refractivity contribution in [2.75, 3.05) is 6.54 Å². The van der Waals surface area contributed by atoms with Crippen LogP contribution in [0.5, 0.6) is 0 Å². The lowest BCUT2D eigenvalue weighted by Gasteiger charge is -2.31. The number of pyridine rings is 1. The van der Waals surface area contributed by atoms with Crippen molar-refractivity contribution in [3.8, 4) is 0 Å². The summed E-state index contributed by atoms with van der Waals surface area (Å²) in [7, 11) is 0. The van der Waals surface area contributed by atoms with Crippen LogP contribution in [0.4, 0.5) is 0 Å². The van der Waals surface area contributed by atoms with E-state index in [9.17, 15) is 9.59 Å². The lowest BCUT2D eigenvalue weighted by molar-refractivity contribution is 0.0890. The highest BCUT2D eigenvalue weighted by Crippen LogP contribution is 2.15. The number of aromatic nitrogens is 1. The van der Waals surface area contributed by atoms with Crippen LogP contribution in [0.2, 0.25) is 0 Å². The first kappa shape index (κ1) is 15.3. The highest BCUT2D eigenvalue weighted by Gasteiger charge is 2.27. The lowest BCUT2D eigenvalue weighted by Crippen LogP contribution is -2.53. The molecule has 0 fully saturated rings. The fourth-order valence-electron chi connectivity index (χ4n) is 2.41. The van der Waals surface area contributed by atoms with Gasteiger partial charge in [-0.15, -0.1) is 0 Å². The molecule has 0 aliphatic heterocycles. The topological polar surface area (TPSA) is 88.0 Å². The molecule has 0 atom stereocenters. The van der Waals surface area contributed by atoms with Gasteiger partial charge >= 0.3 is 0 Å². The van der Waals surface area contributed by atoms with Crippen molar-refractivity contribution in [3.05, 3.63) is 46.4 Å². The maximum atomic E-state index is 12.4. The number of benzene rings is 1. The van der Waals surface area contributed by atoms with Crippen LogP contribution in [0.15, 0.2) is 35.1 Å². The second-order valence-electron chi connectivity index (χ2n) is 5.25. The molecule has 4 N–H and O–H groups in total. The first-order valence-electron chi connectivity index (χ1n) is 7.20. The molecule has 21 heavy (non-hydrogen) atoms. The van der Waals surface area contributed by atoms with Gasteiger partial charge in [-0.05, 0) is 30.4 Å². The van der Waals surface area contributed by atoms with Crippen LogP contribution in [0.3, 0.4) is 0 Å². The van der Waals surface area contributed by atoms with E-state index in [1.807, 2.05) is 26.0 Å². The third kappa shape index (κ3) is 2.97. The summed E-state index contributed by atoms with van der Waals surface area (Å²) in [5.74, 6) is -0.299. The predicted molar refractivity (Wildman–Crippen MR) is 84.4 cm³/mol. The molecule has 0 unspecified atom stereocenters. The van der Waals surface area contributed by atoms with Gasteiger partial charge in [-0.2, -0.15) is 0 Å². The highest BCUT2D eigenvalue weighted by atomic mass is 16.2. The maximum absolute atomic E-state index is 12.4. The Kier molecular flexibility index (Phi) is 4.43. The number of carbonyl (C=O) groups excluding carboxylic acids is 1. The number of hydrogen-bond donors (Lipinski definition) is 3. The monoisotopic (exact) mass is 287 g/mol. The van der Waals surface area contributed by atoms with E-state index in [1.165, 1.54) is 0 Å². The molecule has 2 rings (SSSR count). The van der Waals surface area contributed by atoms with Gasteiger partial charge in [-0.25, -0.2) is 0 Å². The molecule has 0 radical (unpaired) electrons. The number of amides is 1. The molecule has 5 heteroatoms. The van der Waals surface area contributed by atoms with Crippen molar-refractivity contribution in [2.45, 2.75) is 32.2 Å². The number of H-pyrrole nitrogens is 1. The van der Waals surface area contributed by atoms with Crippen molar-refractivity contribution in [1.29, 1.82) is 0 Å². The molecule has 5 nitrogen and oxygen atoms in total. The molecular weight excluding hydrogens is 266 g/mol. The van der Waals surface area contributed by atoms with Gasteiger partial charge in [0.1, 0.15) is 5.69 Å². The summed E-state index contributed by atoms with van der Waals surface area (Å²) >= 11 is 0. The fraction of sp³-hybridized carbons (Fsp3) is 0.375. The molecular formula is C16H21N3O2. The van der Waals surface area contributed by atoms with Crippen LogP contribution in [0, 0.1) is 0 Å². The normalized spacial score (nSPS) is 11.6. The van der Waals surface area contributed by atoms with E-state index in [0.29, 0.717) is 11.9 Å². The third-order valence-electron chi connectivity index (χ3n) is 4.12. The van der Waals surface area contributed by atoms with E-state index in [2.05, 4.69) is 10.3 Å². The maximum Gasteiger partial charge on any atom is 0.268 e. The third-order valence-corrected chi connectivity index (χ3v) is 4.12. The van der Waals surface area contributed by atoms with Gasteiger partial charge in [0.25, 0.3) is 11.5 Å². The van der Waals surface area contributed by atoms with Crippen molar-refractivity contribution in [2.24, 2.45) is 5.73 Å². The fourth-order valence-corrected chi connectivity index (χ4v) is 2.41. The summed E-state index contributed by atoms with van der Waals surface area (Å²) in [6, 6.07) is 8.88. The van der Waals surface area contributed by atoms with Crippen LogP contribution in [-0.2, 0) is 0 Å². The zero-order valence-electron chi connectivity index (χ0n) is 12.4. The minimum Gasteiger partial charge on any atom is -0.344 e. The Morgan fingerprint density at radius 1 is 1.29 bits per heavy atom. The lowest BCUT2D eigenvalue weighted by atomic mass is 9.92. The van der Waals surface area contributed by atoms with E-state index >= 15 is 0 Å². The van der Waals surface area contributed by atoms with Crippen molar-refractivity contribution in [1.82, 2.24) is 10.3 Å². The Bertz CT molecular complexity index is 694. The number of carbonyl (C=O) groups is 1. The number of nitrogens with two attached hydrogens (primary N) is 1. The first-order chi connectivity index (χ1) is 10.0. The molecule has 112 valence electrons. The summed E-state index contributed by atoms with van der Waals surface area (Å²) in [6.07, 6.45) is 1.48. The molecule has 1 amide bonds. The smallest absolute Gasteiger partial charge is 0.268 e. The zero-order valence-corrected chi connectivity index (χ0v) is 12.4. The van der Waals surface area contributed by atoms with Gasteiger partial charge in [0.05, 0.1) is 5.54 Å². The SMILES string of the molecule is CCC(CC)(CN)NC(=O)c1cc2ccccc2c(=O)[nH]1. The van der Waals surface area contributed by atoms with Crippen molar-refractivity contribution >= 4 is 16.7 Å². The van der Waals surface area contributed by atoms with E-state index in [1.54, 1.807) is 18.2 Å². The molecule has 0 aliphatic rings. The minimum absolute atomic E-state index is 0.260. The van der Waals surface area contributed by atoms with Gasteiger partial charge < -0.3 is 16.0 Å². The summed E-state index contributed by atoms with van der Waals surface area (Å²) in [4.78, 5) is 27.1. The average Bonchev–Trinajstić information content (AvgIpc) is 2.52. The minimum atomic E-state index is -0.431. The summed E-state index contributed by atoms with van der Waals surface area (Å²) in [6.45, 7) is 4.34. The first-order valence-corrected chi connectivity index (χ1v) is 7.20. The summed E-state index contributed by atoms with van der Waals surface area (Å²) in [5.41, 5.74) is 5.36. The number of nitrogens with one attached hydrogen (secondary N) is 2. The number of aromatic amines is 1. The molecule has 0 spiro atoms. The largest absolute Gasteiger partial charge is 0.344 e. The van der Waals surface area contributed by atoms with E-state index < -0.39 is 5.54 Å². The molecule has 2 aromatic rings. The van der Waals surface area contributed by atoms with Crippen LogP contribution in [-0.4, -0.2) is 23.0 Å². The molecule has 1 aromatic heterocycles.